The van der Waals surface area contributed by atoms with E-state index in [-0.39, 0.29) is 11.8 Å². The fraction of sp³-hybridized carbons (Fsp3) is 0.533. The lowest BCUT2D eigenvalue weighted by atomic mass is 10.1. The molecule has 7 heteroatoms. The van der Waals surface area contributed by atoms with Gasteiger partial charge in [0.2, 0.25) is 17.7 Å². The Morgan fingerprint density at radius 3 is 2.50 bits per heavy atom. The number of halogens is 2. The Morgan fingerprint density at radius 1 is 1.14 bits per heavy atom. The first kappa shape index (κ1) is 19.1. The van der Waals surface area contributed by atoms with Crippen molar-refractivity contribution in [1.82, 2.24) is 10.3 Å². The highest BCUT2D eigenvalue weighted by atomic mass is 79.9. The summed E-state index contributed by atoms with van der Waals surface area (Å²) in [6.45, 7) is 1.97. The molecule has 1 N–H and O–H groups in total. The van der Waals surface area contributed by atoms with Crippen LogP contribution in [0.4, 0.5) is 0 Å². The van der Waals surface area contributed by atoms with Crippen molar-refractivity contribution in [3.05, 3.63) is 21.2 Å². The Hall–Kier alpha value is -0.950. The van der Waals surface area contributed by atoms with Crippen LogP contribution in [-0.2, 0) is 9.59 Å². The third kappa shape index (κ3) is 8.48. The molecule has 0 spiro atoms. The van der Waals surface area contributed by atoms with Crippen LogP contribution in [0.2, 0.25) is 0 Å². The van der Waals surface area contributed by atoms with Crippen molar-refractivity contribution in [2.75, 3.05) is 6.61 Å². The number of hydrogen-bond acceptors (Lipinski definition) is 4. The smallest absolute Gasteiger partial charge is 0.226 e. The predicted octanol–water partition coefficient (Wildman–Crippen LogP) is 3.99. The van der Waals surface area contributed by atoms with Gasteiger partial charge < -0.3 is 4.74 Å². The van der Waals surface area contributed by atoms with E-state index >= 15 is 0 Å². The van der Waals surface area contributed by atoms with Gasteiger partial charge in [0, 0.05) is 19.4 Å². The molecule has 0 bridgehead atoms. The summed E-state index contributed by atoms with van der Waals surface area (Å²) in [7, 11) is 0. The highest BCUT2D eigenvalue weighted by Crippen LogP contribution is 2.23. The van der Waals surface area contributed by atoms with Crippen molar-refractivity contribution < 1.29 is 14.3 Å². The van der Waals surface area contributed by atoms with Crippen molar-refractivity contribution >= 4 is 43.7 Å². The molecular formula is C15H20Br2N2O3. The van der Waals surface area contributed by atoms with E-state index < -0.39 is 0 Å². The molecule has 0 radical (unpaired) electrons. The lowest BCUT2D eigenvalue weighted by Crippen LogP contribution is -2.27. The van der Waals surface area contributed by atoms with Crippen LogP contribution in [-0.4, -0.2) is 23.4 Å². The van der Waals surface area contributed by atoms with Crippen LogP contribution in [0.25, 0.3) is 0 Å². The number of hydrogen-bond donors (Lipinski definition) is 1. The minimum Gasteiger partial charge on any atom is -0.478 e. The highest BCUT2D eigenvalue weighted by Gasteiger charge is 2.03. The average molecular weight is 436 g/mol. The number of aromatic nitrogens is 1. The Bertz CT molecular complexity index is 510. The number of rotatable bonds is 9. The summed E-state index contributed by atoms with van der Waals surface area (Å²) in [5.74, 6) is 0.119. The second-order valence-electron chi connectivity index (χ2n) is 4.89. The predicted molar refractivity (Wildman–Crippen MR) is 91.7 cm³/mol. The standard InChI is InChI=1S/C15H20Br2N2O3/c1-11(20)18-13(21)7-5-3-2-4-6-10-22-14-9-8-12(16)15(17)19-14/h8-9H,2-7,10H2,1H3,(H,18,20,21). The van der Waals surface area contributed by atoms with Crippen molar-refractivity contribution in [2.45, 2.75) is 45.4 Å². The molecule has 1 rings (SSSR count). The van der Waals surface area contributed by atoms with Crippen LogP contribution in [0.3, 0.4) is 0 Å². The zero-order valence-corrected chi connectivity index (χ0v) is 15.7. The number of nitrogens with one attached hydrogen (secondary N) is 1. The molecule has 0 aromatic carbocycles. The molecule has 2 amide bonds. The van der Waals surface area contributed by atoms with Crippen molar-refractivity contribution in [1.29, 1.82) is 0 Å². The average Bonchev–Trinajstić information content (AvgIpc) is 2.44. The fourth-order valence-corrected chi connectivity index (χ4v) is 2.36. The van der Waals surface area contributed by atoms with Crippen LogP contribution in [0.1, 0.15) is 45.4 Å². The molecule has 0 fully saturated rings. The van der Waals surface area contributed by atoms with Crippen LogP contribution in [0.15, 0.2) is 21.2 Å². The zero-order valence-electron chi connectivity index (χ0n) is 12.5. The maximum absolute atomic E-state index is 11.2. The summed E-state index contributed by atoms with van der Waals surface area (Å²) in [6.07, 6.45) is 5.25. The Morgan fingerprint density at radius 2 is 1.82 bits per heavy atom. The Kier molecular flexibility index (Phi) is 9.31. The molecular weight excluding hydrogens is 416 g/mol. The van der Waals surface area contributed by atoms with Gasteiger partial charge in [-0.15, -0.1) is 0 Å². The molecule has 122 valence electrons. The molecule has 0 aliphatic heterocycles. The highest BCUT2D eigenvalue weighted by molar-refractivity contribution is 9.13. The molecule has 1 heterocycles. The van der Waals surface area contributed by atoms with Crippen LogP contribution >= 0.6 is 31.9 Å². The van der Waals surface area contributed by atoms with Crippen molar-refractivity contribution in [3.63, 3.8) is 0 Å². The number of ether oxygens (including phenoxy) is 1. The minimum absolute atomic E-state index is 0.192. The summed E-state index contributed by atoms with van der Waals surface area (Å²) < 4.78 is 7.19. The van der Waals surface area contributed by atoms with Crippen LogP contribution < -0.4 is 10.1 Å². The van der Waals surface area contributed by atoms with Crippen LogP contribution in [0, 0.1) is 0 Å². The molecule has 0 atom stereocenters. The maximum Gasteiger partial charge on any atom is 0.226 e. The van der Waals surface area contributed by atoms with Gasteiger partial charge in [-0.05, 0) is 50.8 Å². The van der Waals surface area contributed by atoms with Gasteiger partial charge in [0.15, 0.2) is 0 Å². The molecule has 0 saturated heterocycles. The second kappa shape index (κ2) is 10.7. The second-order valence-corrected chi connectivity index (χ2v) is 6.50. The van der Waals surface area contributed by atoms with Gasteiger partial charge in [-0.1, -0.05) is 19.3 Å². The van der Waals surface area contributed by atoms with Crippen LogP contribution in [0.5, 0.6) is 5.88 Å². The molecule has 0 saturated carbocycles. The molecule has 22 heavy (non-hydrogen) atoms. The van der Waals surface area contributed by atoms with Gasteiger partial charge in [-0.25, -0.2) is 4.98 Å². The van der Waals surface area contributed by atoms with E-state index in [4.69, 9.17) is 4.74 Å². The van der Waals surface area contributed by atoms with Gasteiger partial charge in [0.1, 0.15) is 4.60 Å². The SMILES string of the molecule is CC(=O)NC(=O)CCCCCCCOc1ccc(Br)c(Br)n1. The number of carbonyl (C=O) groups is 2. The first-order chi connectivity index (χ1) is 10.5. The molecule has 5 nitrogen and oxygen atoms in total. The molecule has 0 aliphatic carbocycles. The van der Waals surface area contributed by atoms with E-state index in [9.17, 15) is 9.59 Å². The third-order valence-corrected chi connectivity index (χ3v) is 4.67. The van der Waals surface area contributed by atoms with Gasteiger partial charge in [-0.2, -0.15) is 0 Å². The van der Waals surface area contributed by atoms with Gasteiger partial charge in [0.25, 0.3) is 0 Å². The van der Waals surface area contributed by atoms with Gasteiger partial charge in [-0.3, -0.25) is 14.9 Å². The number of carbonyl (C=O) groups excluding carboxylic acids is 2. The number of pyridine rings is 1. The van der Waals surface area contributed by atoms with E-state index in [1.165, 1.54) is 6.92 Å². The summed E-state index contributed by atoms with van der Waals surface area (Å²) in [5, 5.41) is 2.27. The summed E-state index contributed by atoms with van der Waals surface area (Å²) >= 11 is 6.69. The van der Waals surface area contributed by atoms with E-state index in [1.807, 2.05) is 12.1 Å². The number of amides is 2. The lowest BCUT2D eigenvalue weighted by molar-refractivity contribution is -0.129. The number of imide groups is 1. The first-order valence-corrected chi connectivity index (χ1v) is 8.83. The molecule has 0 unspecified atom stereocenters. The fourth-order valence-electron chi connectivity index (χ4n) is 1.83. The van der Waals surface area contributed by atoms with Crippen molar-refractivity contribution in [3.8, 4) is 5.88 Å². The molecule has 0 aliphatic rings. The largest absolute Gasteiger partial charge is 0.478 e. The molecule has 1 aromatic heterocycles. The number of unbranched alkanes of at least 4 members (excludes halogenated alkanes) is 4. The van der Waals surface area contributed by atoms with E-state index in [1.54, 1.807) is 0 Å². The molecule has 1 aromatic rings. The summed E-state index contributed by atoms with van der Waals surface area (Å²) in [4.78, 5) is 26.1. The van der Waals surface area contributed by atoms with Gasteiger partial charge >= 0.3 is 0 Å². The van der Waals surface area contributed by atoms with E-state index in [0.29, 0.717) is 18.9 Å². The summed E-state index contributed by atoms with van der Waals surface area (Å²) in [6, 6.07) is 3.71. The maximum atomic E-state index is 11.2. The van der Waals surface area contributed by atoms with E-state index in [0.717, 1.165) is 41.2 Å². The Labute approximate surface area is 147 Å². The third-order valence-electron chi connectivity index (χ3n) is 2.89. The monoisotopic (exact) mass is 434 g/mol. The normalized spacial score (nSPS) is 10.3. The van der Waals surface area contributed by atoms with E-state index in [2.05, 4.69) is 42.2 Å². The quantitative estimate of drug-likeness (QED) is 0.470. The summed E-state index contributed by atoms with van der Waals surface area (Å²) in [5.41, 5.74) is 0. The van der Waals surface area contributed by atoms with Crippen molar-refractivity contribution in [2.24, 2.45) is 0 Å². The number of nitrogens with zero attached hydrogens (tertiary/aromatic N) is 1. The van der Waals surface area contributed by atoms with Gasteiger partial charge in [0.05, 0.1) is 11.1 Å². The topological polar surface area (TPSA) is 68.3 Å². The Balaban J connectivity index is 2.00. The lowest BCUT2D eigenvalue weighted by Gasteiger charge is -2.06. The first-order valence-electron chi connectivity index (χ1n) is 7.24. The zero-order chi connectivity index (χ0) is 16.4. The minimum atomic E-state index is -0.296.